The lowest BCUT2D eigenvalue weighted by atomic mass is 10.0. The van der Waals surface area contributed by atoms with Gasteiger partial charge in [0.05, 0.1) is 13.2 Å². The summed E-state index contributed by atoms with van der Waals surface area (Å²) in [4.78, 5) is 0. The Morgan fingerprint density at radius 1 is 1.14 bits per heavy atom. The maximum absolute atomic E-state index is 6.10. The minimum absolute atomic E-state index is 0.167. The molecule has 1 rings (SSSR count). The Morgan fingerprint density at radius 3 is 2.52 bits per heavy atom. The van der Waals surface area contributed by atoms with Crippen LogP contribution in [0.2, 0.25) is 0 Å². The topological polar surface area (TPSA) is 44.5 Å². The Hall–Kier alpha value is -1.22. The smallest absolute Gasteiger partial charge is 0.164 e. The third kappa shape index (κ3) is 6.38. The standard InChI is InChI=1S/C18H31NO2/c1-5-16(19)13-15-10-7-11-17(20-6-2)18(15)21-12-8-9-14(3)4/h7,10-11,14,16H,5-6,8-9,12-13,19H2,1-4H3. The lowest BCUT2D eigenvalue weighted by molar-refractivity contribution is 0.264. The van der Waals surface area contributed by atoms with E-state index in [1.165, 1.54) is 6.42 Å². The second kappa shape index (κ2) is 9.67. The van der Waals surface area contributed by atoms with Gasteiger partial charge in [0.25, 0.3) is 0 Å². The second-order valence-corrected chi connectivity index (χ2v) is 5.93. The van der Waals surface area contributed by atoms with Crippen LogP contribution >= 0.6 is 0 Å². The van der Waals surface area contributed by atoms with Crippen LogP contribution in [0, 0.1) is 5.92 Å². The van der Waals surface area contributed by atoms with Crippen molar-refractivity contribution in [2.24, 2.45) is 11.7 Å². The molecule has 0 aliphatic carbocycles. The number of hydrogen-bond acceptors (Lipinski definition) is 3. The quantitative estimate of drug-likeness (QED) is 0.658. The monoisotopic (exact) mass is 293 g/mol. The number of para-hydroxylation sites is 1. The van der Waals surface area contributed by atoms with Gasteiger partial charge in [0.15, 0.2) is 11.5 Å². The fourth-order valence-corrected chi connectivity index (χ4v) is 2.25. The van der Waals surface area contributed by atoms with Gasteiger partial charge < -0.3 is 15.2 Å². The predicted octanol–water partition coefficient (Wildman–Crippen LogP) is 4.18. The van der Waals surface area contributed by atoms with Crippen molar-refractivity contribution in [3.05, 3.63) is 23.8 Å². The number of nitrogens with two attached hydrogens (primary N) is 1. The molecule has 0 saturated heterocycles. The van der Waals surface area contributed by atoms with Crippen LogP contribution in [0.15, 0.2) is 18.2 Å². The van der Waals surface area contributed by atoms with E-state index in [-0.39, 0.29) is 6.04 Å². The van der Waals surface area contributed by atoms with E-state index >= 15 is 0 Å². The second-order valence-electron chi connectivity index (χ2n) is 5.93. The Balaban J connectivity index is 2.78. The first-order chi connectivity index (χ1) is 10.1. The van der Waals surface area contributed by atoms with Crippen molar-refractivity contribution in [3.63, 3.8) is 0 Å². The van der Waals surface area contributed by atoms with E-state index in [9.17, 15) is 0 Å². The van der Waals surface area contributed by atoms with Crippen molar-refractivity contribution in [2.45, 2.75) is 59.4 Å². The summed E-state index contributed by atoms with van der Waals surface area (Å²) in [6, 6.07) is 6.25. The summed E-state index contributed by atoms with van der Waals surface area (Å²) in [6.07, 6.45) is 4.04. The molecule has 2 N–H and O–H groups in total. The fraction of sp³-hybridized carbons (Fsp3) is 0.667. The molecule has 0 fully saturated rings. The van der Waals surface area contributed by atoms with Gasteiger partial charge in [-0.3, -0.25) is 0 Å². The van der Waals surface area contributed by atoms with Gasteiger partial charge in [-0.05, 0) is 50.2 Å². The molecular formula is C18H31NO2. The maximum atomic E-state index is 6.10. The van der Waals surface area contributed by atoms with Gasteiger partial charge in [-0.1, -0.05) is 32.9 Å². The Labute approximate surface area is 129 Å². The largest absolute Gasteiger partial charge is 0.490 e. The molecule has 0 aliphatic rings. The first-order valence-electron chi connectivity index (χ1n) is 8.21. The average molecular weight is 293 g/mol. The van der Waals surface area contributed by atoms with Crippen LogP contribution < -0.4 is 15.2 Å². The first kappa shape index (κ1) is 17.8. The van der Waals surface area contributed by atoms with Crippen LogP contribution in [0.1, 0.15) is 52.5 Å². The van der Waals surface area contributed by atoms with Gasteiger partial charge in [-0.25, -0.2) is 0 Å². The van der Waals surface area contributed by atoms with Gasteiger partial charge in [-0.2, -0.15) is 0 Å². The number of ether oxygens (including phenoxy) is 2. The van der Waals surface area contributed by atoms with E-state index < -0.39 is 0 Å². The summed E-state index contributed by atoms with van der Waals surface area (Å²) in [7, 11) is 0. The van der Waals surface area contributed by atoms with Crippen molar-refractivity contribution >= 4 is 0 Å². The molecule has 0 heterocycles. The van der Waals surface area contributed by atoms with Crippen molar-refractivity contribution in [1.82, 2.24) is 0 Å². The Morgan fingerprint density at radius 2 is 1.90 bits per heavy atom. The minimum Gasteiger partial charge on any atom is -0.490 e. The number of rotatable bonds is 10. The molecule has 21 heavy (non-hydrogen) atoms. The summed E-state index contributed by atoms with van der Waals surface area (Å²) < 4.78 is 11.7. The molecule has 3 nitrogen and oxygen atoms in total. The van der Waals surface area contributed by atoms with Crippen molar-refractivity contribution in [2.75, 3.05) is 13.2 Å². The number of hydrogen-bond donors (Lipinski definition) is 1. The van der Waals surface area contributed by atoms with Crippen molar-refractivity contribution < 1.29 is 9.47 Å². The van der Waals surface area contributed by atoms with E-state index in [0.717, 1.165) is 42.9 Å². The van der Waals surface area contributed by atoms with Crippen molar-refractivity contribution in [1.29, 1.82) is 0 Å². The molecule has 0 radical (unpaired) electrons. The molecule has 0 bridgehead atoms. The summed E-state index contributed by atoms with van der Waals surface area (Å²) >= 11 is 0. The summed E-state index contributed by atoms with van der Waals surface area (Å²) in [5, 5.41) is 0. The first-order valence-corrected chi connectivity index (χ1v) is 8.21. The van der Waals surface area contributed by atoms with E-state index in [4.69, 9.17) is 15.2 Å². The highest BCUT2D eigenvalue weighted by Gasteiger charge is 2.13. The molecular weight excluding hydrogens is 262 g/mol. The van der Waals surface area contributed by atoms with Crippen molar-refractivity contribution in [3.8, 4) is 11.5 Å². The highest BCUT2D eigenvalue weighted by molar-refractivity contribution is 5.47. The average Bonchev–Trinajstić information content (AvgIpc) is 2.45. The Kier molecular flexibility index (Phi) is 8.21. The normalized spacial score (nSPS) is 12.5. The molecule has 0 aromatic heterocycles. The highest BCUT2D eigenvalue weighted by Crippen LogP contribution is 2.32. The van der Waals surface area contributed by atoms with Gasteiger partial charge >= 0.3 is 0 Å². The molecule has 0 aliphatic heterocycles. The minimum atomic E-state index is 0.167. The molecule has 1 atom stereocenters. The molecule has 1 aromatic rings. The zero-order chi connectivity index (χ0) is 15.7. The summed E-state index contributed by atoms with van der Waals surface area (Å²) in [5.74, 6) is 2.43. The van der Waals surface area contributed by atoms with Crippen LogP contribution in [0.25, 0.3) is 0 Å². The molecule has 120 valence electrons. The van der Waals surface area contributed by atoms with E-state index in [0.29, 0.717) is 12.5 Å². The van der Waals surface area contributed by atoms with Gasteiger partial charge in [0.1, 0.15) is 0 Å². The molecule has 0 spiro atoms. The zero-order valence-corrected chi connectivity index (χ0v) is 14.0. The fourth-order valence-electron chi connectivity index (χ4n) is 2.25. The Bertz CT molecular complexity index is 404. The SMILES string of the molecule is CCOc1cccc(CC(N)CC)c1OCCCC(C)C. The van der Waals surface area contributed by atoms with Crippen LogP contribution in [0.4, 0.5) is 0 Å². The summed E-state index contributed by atoms with van der Waals surface area (Å²) in [6.45, 7) is 9.95. The van der Waals surface area contributed by atoms with Crippen LogP contribution in [-0.2, 0) is 6.42 Å². The highest BCUT2D eigenvalue weighted by atomic mass is 16.5. The molecule has 0 amide bonds. The number of benzene rings is 1. The van der Waals surface area contributed by atoms with E-state index in [1.54, 1.807) is 0 Å². The van der Waals surface area contributed by atoms with E-state index in [1.807, 2.05) is 19.1 Å². The molecule has 0 saturated carbocycles. The lowest BCUT2D eigenvalue weighted by Gasteiger charge is -2.18. The zero-order valence-electron chi connectivity index (χ0n) is 14.0. The van der Waals surface area contributed by atoms with Gasteiger partial charge in [0.2, 0.25) is 0 Å². The maximum Gasteiger partial charge on any atom is 0.164 e. The molecule has 1 aromatic carbocycles. The lowest BCUT2D eigenvalue weighted by Crippen LogP contribution is -2.22. The van der Waals surface area contributed by atoms with Crippen LogP contribution in [0.3, 0.4) is 0 Å². The predicted molar refractivity (Wildman–Crippen MR) is 89.1 cm³/mol. The molecule has 3 heteroatoms. The van der Waals surface area contributed by atoms with Gasteiger partial charge in [-0.15, -0.1) is 0 Å². The van der Waals surface area contributed by atoms with Crippen LogP contribution in [-0.4, -0.2) is 19.3 Å². The third-order valence-electron chi connectivity index (χ3n) is 3.54. The molecule has 1 unspecified atom stereocenters. The third-order valence-corrected chi connectivity index (χ3v) is 3.54. The van der Waals surface area contributed by atoms with Gasteiger partial charge in [0, 0.05) is 6.04 Å². The summed E-state index contributed by atoms with van der Waals surface area (Å²) in [5.41, 5.74) is 7.25. The van der Waals surface area contributed by atoms with Crippen LogP contribution in [0.5, 0.6) is 11.5 Å². The van der Waals surface area contributed by atoms with E-state index in [2.05, 4.69) is 26.8 Å².